The van der Waals surface area contributed by atoms with Gasteiger partial charge in [-0.15, -0.1) is 0 Å². The second kappa shape index (κ2) is 5.97. The van der Waals surface area contributed by atoms with Crippen molar-refractivity contribution in [3.63, 3.8) is 0 Å². The number of hydrogen-bond acceptors (Lipinski definition) is 4. The van der Waals surface area contributed by atoms with E-state index >= 15 is 0 Å². The molecule has 3 rings (SSSR count). The first kappa shape index (κ1) is 13.6. The van der Waals surface area contributed by atoms with Crippen LogP contribution < -0.4 is 10.6 Å². The number of fused-ring (bicyclic) bond motifs is 1. The Kier molecular flexibility index (Phi) is 3.87. The van der Waals surface area contributed by atoms with E-state index in [9.17, 15) is 4.79 Å². The molecule has 1 aliphatic rings. The van der Waals surface area contributed by atoms with Crippen LogP contribution in [0.3, 0.4) is 0 Å². The van der Waals surface area contributed by atoms with Crippen molar-refractivity contribution >= 4 is 17.3 Å². The number of aliphatic hydroxyl groups is 1. The first-order valence-electron chi connectivity index (χ1n) is 7.03. The highest BCUT2D eigenvalue weighted by Crippen LogP contribution is 2.25. The first-order chi connectivity index (χ1) is 10.2. The normalized spacial score (nSPS) is 13.7. The highest BCUT2D eigenvalue weighted by molar-refractivity contribution is 5.94. The van der Waals surface area contributed by atoms with Gasteiger partial charge in [-0.05, 0) is 30.2 Å². The Morgan fingerprint density at radius 2 is 2.29 bits per heavy atom. The molecule has 1 aliphatic heterocycles. The minimum absolute atomic E-state index is 0.0829. The van der Waals surface area contributed by atoms with E-state index in [2.05, 4.69) is 21.8 Å². The lowest BCUT2D eigenvalue weighted by atomic mass is 10.0. The third kappa shape index (κ3) is 3.22. The van der Waals surface area contributed by atoms with Crippen LogP contribution in [0, 0.1) is 0 Å². The van der Waals surface area contributed by atoms with Crippen molar-refractivity contribution in [1.29, 1.82) is 0 Å². The first-order valence-corrected chi connectivity index (χ1v) is 7.03. The van der Waals surface area contributed by atoms with E-state index in [-0.39, 0.29) is 12.5 Å². The second-order valence-electron chi connectivity index (χ2n) is 5.11. The van der Waals surface area contributed by atoms with Gasteiger partial charge in [-0.25, -0.2) is 0 Å². The number of nitrogens with zero attached hydrogens (tertiary/aromatic N) is 2. The third-order valence-electron chi connectivity index (χ3n) is 3.51. The van der Waals surface area contributed by atoms with Crippen molar-refractivity contribution < 1.29 is 9.90 Å². The number of amides is 1. The molecule has 0 saturated heterocycles. The minimum atomic E-state index is 0.0829. The summed E-state index contributed by atoms with van der Waals surface area (Å²) < 4.78 is 1.72. The molecule has 0 radical (unpaired) electrons. The van der Waals surface area contributed by atoms with Crippen LogP contribution in [0.25, 0.3) is 0 Å². The third-order valence-corrected chi connectivity index (χ3v) is 3.51. The molecule has 2 aromatic rings. The molecule has 0 bridgehead atoms. The zero-order valence-electron chi connectivity index (χ0n) is 11.7. The highest BCUT2D eigenvalue weighted by atomic mass is 16.3. The summed E-state index contributed by atoms with van der Waals surface area (Å²) in [5.41, 5.74) is 4.16. The summed E-state index contributed by atoms with van der Waals surface area (Å²) in [5.74, 6) is 0.0829. The van der Waals surface area contributed by atoms with Gasteiger partial charge in [0.2, 0.25) is 5.91 Å². The topological polar surface area (TPSA) is 79.2 Å². The van der Waals surface area contributed by atoms with Crippen LogP contribution in [0.5, 0.6) is 0 Å². The Morgan fingerprint density at radius 3 is 3.14 bits per heavy atom. The van der Waals surface area contributed by atoms with Gasteiger partial charge < -0.3 is 15.7 Å². The van der Waals surface area contributed by atoms with Gasteiger partial charge >= 0.3 is 0 Å². The standard InChI is InChI=1S/C15H18N4O2/c20-6-5-19-10-11(9-17-19)8-16-13-2-3-14-12(7-13)1-4-15(21)18-14/h2-3,7,9-10,16,20H,1,4-6,8H2,(H,18,21). The molecule has 3 N–H and O–H groups in total. The van der Waals surface area contributed by atoms with Gasteiger partial charge in [0.05, 0.1) is 19.3 Å². The molecule has 0 saturated carbocycles. The zero-order chi connectivity index (χ0) is 14.7. The lowest BCUT2D eigenvalue weighted by molar-refractivity contribution is -0.116. The predicted octanol–water partition coefficient (Wildman–Crippen LogP) is 1.37. The molecule has 0 atom stereocenters. The maximum atomic E-state index is 11.3. The van der Waals surface area contributed by atoms with Crippen LogP contribution in [-0.4, -0.2) is 27.4 Å². The van der Waals surface area contributed by atoms with E-state index in [1.807, 2.05) is 18.3 Å². The lowest BCUT2D eigenvalue weighted by Crippen LogP contribution is -2.18. The smallest absolute Gasteiger partial charge is 0.224 e. The summed E-state index contributed by atoms with van der Waals surface area (Å²) >= 11 is 0. The number of aryl methyl sites for hydroxylation is 1. The van der Waals surface area contributed by atoms with E-state index in [0.717, 1.165) is 28.9 Å². The molecule has 0 aliphatic carbocycles. The van der Waals surface area contributed by atoms with Crippen LogP contribution in [0.2, 0.25) is 0 Å². The van der Waals surface area contributed by atoms with E-state index in [1.54, 1.807) is 10.9 Å². The average molecular weight is 286 g/mol. The number of anilines is 2. The molecular formula is C15H18N4O2. The molecule has 0 fully saturated rings. The molecular weight excluding hydrogens is 268 g/mol. The maximum absolute atomic E-state index is 11.3. The summed E-state index contributed by atoms with van der Waals surface area (Å²) in [6.07, 6.45) is 5.04. The lowest BCUT2D eigenvalue weighted by Gasteiger charge is -2.17. The molecule has 0 spiro atoms. The van der Waals surface area contributed by atoms with Crippen LogP contribution >= 0.6 is 0 Å². The van der Waals surface area contributed by atoms with Crippen LogP contribution in [-0.2, 0) is 24.3 Å². The quantitative estimate of drug-likeness (QED) is 0.775. The number of benzene rings is 1. The Bertz CT molecular complexity index is 651. The Balaban J connectivity index is 1.63. The Labute approximate surface area is 122 Å². The van der Waals surface area contributed by atoms with Crippen molar-refractivity contribution in [2.24, 2.45) is 0 Å². The van der Waals surface area contributed by atoms with Crippen LogP contribution in [0.4, 0.5) is 11.4 Å². The van der Waals surface area contributed by atoms with Gasteiger partial charge in [-0.1, -0.05) is 0 Å². The van der Waals surface area contributed by atoms with Gasteiger partial charge in [-0.3, -0.25) is 9.48 Å². The van der Waals surface area contributed by atoms with Gasteiger partial charge in [0.1, 0.15) is 0 Å². The second-order valence-corrected chi connectivity index (χ2v) is 5.11. The summed E-state index contributed by atoms with van der Waals surface area (Å²) in [4.78, 5) is 11.3. The SMILES string of the molecule is O=C1CCc2cc(NCc3cnn(CCO)c3)ccc2N1. The predicted molar refractivity (Wildman–Crippen MR) is 80.0 cm³/mol. The largest absolute Gasteiger partial charge is 0.394 e. The highest BCUT2D eigenvalue weighted by Gasteiger charge is 2.14. The van der Waals surface area contributed by atoms with E-state index < -0.39 is 0 Å². The molecule has 6 heteroatoms. The number of aromatic nitrogens is 2. The fourth-order valence-electron chi connectivity index (χ4n) is 2.42. The zero-order valence-corrected chi connectivity index (χ0v) is 11.7. The van der Waals surface area contributed by atoms with Crippen LogP contribution in [0.1, 0.15) is 17.5 Å². The number of carbonyl (C=O) groups is 1. The average Bonchev–Trinajstić information content (AvgIpc) is 2.93. The monoisotopic (exact) mass is 286 g/mol. The molecule has 1 aromatic carbocycles. The van der Waals surface area contributed by atoms with E-state index in [4.69, 9.17) is 5.11 Å². The molecule has 110 valence electrons. The molecule has 2 heterocycles. The van der Waals surface area contributed by atoms with Crippen molar-refractivity contribution in [3.05, 3.63) is 41.7 Å². The summed E-state index contributed by atoms with van der Waals surface area (Å²) in [6.45, 7) is 1.28. The number of rotatable bonds is 5. The number of carbonyl (C=O) groups excluding carboxylic acids is 1. The number of aliphatic hydroxyl groups excluding tert-OH is 1. The van der Waals surface area contributed by atoms with Crippen molar-refractivity contribution in [3.8, 4) is 0 Å². The van der Waals surface area contributed by atoms with Crippen LogP contribution in [0.15, 0.2) is 30.6 Å². The molecule has 6 nitrogen and oxygen atoms in total. The summed E-state index contributed by atoms with van der Waals surface area (Å²) in [5, 5.41) is 19.3. The van der Waals surface area contributed by atoms with Gasteiger partial charge in [0.15, 0.2) is 0 Å². The number of nitrogens with one attached hydrogen (secondary N) is 2. The van der Waals surface area contributed by atoms with E-state index in [1.165, 1.54) is 0 Å². The fraction of sp³-hybridized carbons (Fsp3) is 0.333. The molecule has 0 unspecified atom stereocenters. The Morgan fingerprint density at radius 1 is 1.38 bits per heavy atom. The maximum Gasteiger partial charge on any atom is 0.224 e. The van der Waals surface area contributed by atoms with Gasteiger partial charge in [-0.2, -0.15) is 5.10 Å². The minimum Gasteiger partial charge on any atom is -0.394 e. The molecule has 1 aromatic heterocycles. The van der Waals surface area contributed by atoms with Gasteiger partial charge in [0, 0.05) is 36.1 Å². The molecule has 1 amide bonds. The summed E-state index contributed by atoms with van der Waals surface area (Å²) in [7, 11) is 0. The number of hydrogen-bond donors (Lipinski definition) is 3. The van der Waals surface area contributed by atoms with Crippen molar-refractivity contribution in [2.75, 3.05) is 17.2 Å². The van der Waals surface area contributed by atoms with E-state index in [0.29, 0.717) is 19.5 Å². The molecule has 21 heavy (non-hydrogen) atoms. The fourth-order valence-corrected chi connectivity index (χ4v) is 2.42. The summed E-state index contributed by atoms with van der Waals surface area (Å²) in [6, 6.07) is 5.97. The van der Waals surface area contributed by atoms with Gasteiger partial charge in [0.25, 0.3) is 0 Å². The van der Waals surface area contributed by atoms with Crippen molar-refractivity contribution in [2.45, 2.75) is 25.9 Å². The van der Waals surface area contributed by atoms with Crippen molar-refractivity contribution in [1.82, 2.24) is 9.78 Å². The Hall–Kier alpha value is -2.34.